The van der Waals surface area contributed by atoms with Crippen molar-refractivity contribution in [1.29, 1.82) is 0 Å². The molecule has 0 saturated carbocycles. The SMILES string of the molecule is CCONC(=O)c1cnc2onc(C)c2c1. The molecule has 2 aromatic rings. The number of hydrogen-bond donors (Lipinski definition) is 1. The Morgan fingerprint density at radius 2 is 2.44 bits per heavy atom. The first-order valence-corrected chi connectivity index (χ1v) is 4.86. The average Bonchev–Trinajstić information content (AvgIpc) is 2.67. The van der Waals surface area contributed by atoms with E-state index in [1.807, 2.05) is 0 Å². The monoisotopic (exact) mass is 221 g/mol. The molecule has 2 rings (SSSR count). The van der Waals surface area contributed by atoms with E-state index in [2.05, 4.69) is 15.6 Å². The molecule has 6 nitrogen and oxygen atoms in total. The first kappa shape index (κ1) is 10.6. The number of nitrogens with zero attached hydrogens (tertiary/aromatic N) is 2. The van der Waals surface area contributed by atoms with Gasteiger partial charge in [0, 0.05) is 6.20 Å². The zero-order valence-electron chi connectivity index (χ0n) is 8.98. The number of aryl methyl sites for hydroxylation is 1. The Hall–Kier alpha value is -1.95. The van der Waals surface area contributed by atoms with Crippen molar-refractivity contribution in [2.75, 3.05) is 6.61 Å². The first-order valence-electron chi connectivity index (χ1n) is 4.86. The van der Waals surface area contributed by atoms with Gasteiger partial charge in [-0.15, -0.1) is 0 Å². The molecule has 16 heavy (non-hydrogen) atoms. The minimum absolute atomic E-state index is 0.336. The summed E-state index contributed by atoms with van der Waals surface area (Å²) >= 11 is 0. The maximum absolute atomic E-state index is 11.6. The van der Waals surface area contributed by atoms with Crippen LogP contribution in [0.5, 0.6) is 0 Å². The normalized spacial score (nSPS) is 10.6. The number of nitrogens with one attached hydrogen (secondary N) is 1. The van der Waals surface area contributed by atoms with E-state index in [9.17, 15) is 4.79 Å². The summed E-state index contributed by atoms with van der Waals surface area (Å²) in [6.07, 6.45) is 1.42. The molecule has 0 spiro atoms. The molecule has 0 radical (unpaired) electrons. The fourth-order valence-electron chi connectivity index (χ4n) is 1.27. The highest BCUT2D eigenvalue weighted by Gasteiger charge is 2.11. The summed E-state index contributed by atoms with van der Waals surface area (Å²) in [6.45, 7) is 3.98. The predicted octanol–water partition coefficient (Wildman–Crippen LogP) is 1.21. The van der Waals surface area contributed by atoms with Gasteiger partial charge in [0.25, 0.3) is 11.6 Å². The van der Waals surface area contributed by atoms with E-state index in [0.29, 0.717) is 23.6 Å². The number of carbonyl (C=O) groups is 1. The van der Waals surface area contributed by atoms with Gasteiger partial charge >= 0.3 is 0 Å². The van der Waals surface area contributed by atoms with E-state index < -0.39 is 0 Å². The molecular weight excluding hydrogens is 210 g/mol. The molecule has 0 aliphatic heterocycles. The molecular formula is C10H11N3O3. The topological polar surface area (TPSA) is 77.2 Å². The lowest BCUT2D eigenvalue weighted by Gasteiger charge is -2.02. The lowest BCUT2D eigenvalue weighted by atomic mass is 10.2. The molecule has 0 saturated heterocycles. The molecule has 0 unspecified atom stereocenters. The molecule has 84 valence electrons. The van der Waals surface area contributed by atoms with Gasteiger partial charge < -0.3 is 4.52 Å². The highest BCUT2D eigenvalue weighted by atomic mass is 16.6. The van der Waals surface area contributed by atoms with Crippen LogP contribution in [0, 0.1) is 6.92 Å². The van der Waals surface area contributed by atoms with Crippen LogP contribution in [0.25, 0.3) is 11.1 Å². The summed E-state index contributed by atoms with van der Waals surface area (Å²) in [5.74, 6) is -0.336. The highest BCUT2D eigenvalue weighted by molar-refractivity contribution is 5.96. The third kappa shape index (κ3) is 1.87. The molecule has 0 aliphatic rings. The van der Waals surface area contributed by atoms with Crippen LogP contribution in [0.3, 0.4) is 0 Å². The molecule has 0 fully saturated rings. The van der Waals surface area contributed by atoms with Crippen molar-refractivity contribution < 1.29 is 14.2 Å². The number of pyridine rings is 1. The van der Waals surface area contributed by atoms with Crippen LogP contribution in [-0.4, -0.2) is 22.7 Å². The van der Waals surface area contributed by atoms with Gasteiger partial charge in [-0.05, 0) is 19.9 Å². The van der Waals surface area contributed by atoms with Gasteiger partial charge in [-0.2, -0.15) is 0 Å². The van der Waals surface area contributed by atoms with Gasteiger partial charge in [0.15, 0.2) is 0 Å². The Bertz CT molecular complexity index is 521. The Kier molecular flexibility index (Phi) is 2.82. The van der Waals surface area contributed by atoms with Gasteiger partial charge in [-0.25, -0.2) is 10.5 Å². The van der Waals surface area contributed by atoms with Gasteiger partial charge in [0.2, 0.25) is 0 Å². The summed E-state index contributed by atoms with van der Waals surface area (Å²) in [5.41, 5.74) is 3.83. The van der Waals surface area contributed by atoms with Crippen LogP contribution in [0.2, 0.25) is 0 Å². The van der Waals surface area contributed by atoms with E-state index in [0.717, 1.165) is 5.39 Å². The minimum atomic E-state index is -0.336. The molecule has 2 aromatic heterocycles. The second kappa shape index (κ2) is 4.28. The third-order valence-corrected chi connectivity index (χ3v) is 2.08. The summed E-state index contributed by atoms with van der Waals surface area (Å²) in [5, 5.41) is 4.48. The smallest absolute Gasteiger partial charge is 0.276 e. The number of rotatable bonds is 3. The number of hydrogen-bond acceptors (Lipinski definition) is 5. The van der Waals surface area contributed by atoms with E-state index in [4.69, 9.17) is 9.36 Å². The van der Waals surface area contributed by atoms with E-state index >= 15 is 0 Å². The van der Waals surface area contributed by atoms with Crippen molar-refractivity contribution in [1.82, 2.24) is 15.6 Å². The van der Waals surface area contributed by atoms with Crippen molar-refractivity contribution in [3.8, 4) is 0 Å². The Morgan fingerprint density at radius 1 is 1.62 bits per heavy atom. The maximum atomic E-state index is 11.6. The first-order chi connectivity index (χ1) is 7.72. The Morgan fingerprint density at radius 3 is 3.19 bits per heavy atom. The largest absolute Gasteiger partial charge is 0.336 e. The van der Waals surface area contributed by atoms with Crippen LogP contribution in [0.4, 0.5) is 0 Å². The van der Waals surface area contributed by atoms with Gasteiger partial charge in [0.1, 0.15) is 0 Å². The number of hydroxylamine groups is 1. The number of amides is 1. The van der Waals surface area contributed by atoms with Crippen LogP contribution < -0.4 is 5.48 Å². The van der Waals surface area contributed by atoms with Gasteiger partial charge in [-0.3, -0.25) is 9.63 Å². The maximum Gasteiger partial charge on any atom is 0.276 e. The zero-order valence-corrected chi connectivity index (χ0v) is 8.98. The molecule has 0 aliphatic carbocycles. The Labute approximate surface area is 91.5 Å². The van der Waals surface area contributed by atoms with Crippen LogP contribution in [0.1, 0.15) is 23.0 Å². The summed E-state index contributed by atoms with van der Waals surface area (Å²) < 4.78 is 4.94. The highest BCUT2D eigenvalue weighted by Crippen LogP contribution is 2.16. The van der Waals surface area contributed by atoms with Crippen molar-refractivity contribution in [2.24, 2.45) is 0 Å². The van der Waals surface area contributed by atoms with Crippen molar-refractivity contribution in [3.05, 3.63) is 23.5 Å². The molecule has 0 bridgehead atoms. The zero-order chi connectivity index (χ0) is 11.5. The van der Waals surface area contributed by atoms with Crippen molar-refractivity contribution >= 4 is 17.0 Å². The standard InChI is InChI=1S/C10H11N3O3/c1-3-15-13-9(14)7-4-8-6(2)12-16-10(8)11-5-7/h4-5H,3H2,1-2H3,(H,13,14). The quantitative estimate of drug-likeness (QED) is 0.788. The lowest BCUT2D eigenvalue weighted by molar-refractivity contribution is 0.0364. The average molecular weight is 221 g/mol. The van der Waals surface area contributed by atoms with Crippen LogP contribution >= 0.6 is 0 Å². The molecule has 2 heterocycles. The van der Waals surface area contributed by atoms with Crippen LogP contribution in [-0.2, 0) is 4.84 Å². The van der Waals surface area contributed by atoms with Gasteiger partial charge in [0.05, 0.1) is 23.3 Å². The van der Waals surface area contributed by atoms with Crippen LogP contribution in [0.15, 0.2) is 16.8 Å². The number of carbonyl (C=O) groups excluding carboxylic acids is 1. The number of aromatic nitrogens is 2. The number of fused-ring (bicyclic) bond motifs is 1. The summed E-state index contributed by atoms with van der Waals surface area (Å²) in [4.78, 5) is 20.3. The summed E-state index contributed by atoms with van der Waals surface area (Å²) in [7, 11) is 0. The third-order valence-electron chi connectivity index (χ3n) is 2.08. The lowest BCUT2D eigenvalue weighted by Crippen LogP contribution is -2.23. The van der Waals surface area contributed by atoms with E-state index in [1.165, 1.54) is 6.20 Å². The van der Waals surface area contributed by atoms with Crippen molar-refractivity contribution in [3.63, 3.8) is 0 Å². The molecule has 1 N–H and O–H groups in total. The second-order valence-electron chi connectivity index (χ2n) is 3.21. The molecule has 1 amide bonds. The minimum Gasteiger partial charge on any atom is -0.336 e. The van der Waals surface area contributed by atoms with Crippen molar-refractivity contribution in [2.45, 2.75) is 13.8 Å². The fraction of sp³-hybridized carbons (Fsp3) is 0.300. The van der Waals surface area contributed by atoms with E-state index in [-0.39, 0.29) is 5.91 Å². The van der Waals surface area contributed by atoms with Gasteiger partial charge in [-0.1, -0.05) is 5.16 Å². The second-order valence-corrected chi connectivity index (χ2v) is 3.21. The molecule has 0 atom stereocenters. The van der Waals surface area contributed by atoms with E-state index in [1.54, 1.807) is 19.9 Å². The fourth-order valence-corrected chi connectivity index (χ4v) is 1.27. The molecule has 6 heteroatoms. The predicted molar refractivity (Wildman–Crippen MR) is 55.6 cm³/mol. The Balaban J connectivity index is 2.31. The molecule has 0 aromatic carbocycles. The summed E-state index contributed by atoms with van der Waals surface area (Å²) in [6, 6.07) is 1.67.